The van der Waals surface area contributed by atoms with Crippen molar-refractivity contribution in [1.29, 1.82) is 0 Å². The standard InChI is InChI=1S/C12H18Si/c1-11(13(2)3)9-10-12-7-5-4-6-8-12/h4-11,13H,1-3H3/b10-9+. The van der Waals surface area contributed by atoms with Gasteiger partial charge in [0, 0.05) is 8.80 Å². The quantitative estimate of drug-likeness (QED) is 0.639. The first-order valence-corrected chi connectivity index (χ1v) is 7.91. The van der Waals surface area contributed by atoms with Crippen LogP contribution >= 0.6 is 0 Å². The Morgan fingerprint density at radius 3 is 2.31 bits per heavy atom. The molecule has 1 heteroatoms. The van der Waals surface area contributed by atoms with Crippen LogP contribution in [0.4, 0.5) is 0 Å². The van der Waals surface area contributed by atoms with Crippen LogP contribution in [0.15, 0.2) is 36.4 Å². The van der Waals surface area contributed by atoms with Gasteiger partial charge < -0.3 is 0 Å². The molecule has 0 aliphatic rings. The van der Waals surface area contributed by atoms with Crippen molar-refractivity contribution in [3.8, 4) is 0 Å². The normalized spacial score (nSPS) is 13.8. The van der Waals surface area contributed by atoms with Crippen molar-refractivity contribution >= 4 is 14.9 Å². The van der Waals surface area contributed by atoms with Gasteiger partial charge in [0.1, 0.15) is 0 Å². The number of benzene rings is 1. The molecule has 0 heterocycles. The summed E-state index contributed by atoms with van der Waals surface area (Å²) >= 11 is 0. The molecule has 0 aliphatic heterocycles. The first-order chi connectivity index (χ1) is 6.20. The van der Waals surface area contributed by atoms with Crippen LogP contribution in [0.25, 0.3) is 6.08 Å². The van der Waals surface area contributed by atoms with E-state index in [0.29, 0.717) is 0 Å². The summed E-state index contributed by atoms with van der Waals surface area (Å²) in [5, 5.41) is 0. The van der Waals surface area contributed by atoms with Gasteiger partial charge >= 0.3 is 0 Å². The van der Waals surface area contributed by atoms with E-state index in [4.69, 9.17) is 0 Å². The highest BCUT2D eigenvalue weighted by Gasteiger charge is 2.02. The second-order valence-electron chi connectivity index (χ2n) is 3.87. The average Bonchev–Trinajstić information content (AvgIpc) is 2.15. The predicted molar refractivity (Wildman–Crippen MR) is 63.8 cm³/mol. The third-order valence-corrected chi connectivity index (χ3v) is 4.77. The Hall–Kier alpha value is -0.823. The van der Waals surface area contributed by atoms with E-state index in [9.17, 15) is 0 Å². The average molecular weight is 190 g/mol. The molecule has 1 atom stereocenters. The van der Waals surface area contributed by atoms with Crippen LogP contribution in [0.5, 0.6) is 0 Å². The zero-order chi connectivity index (χ0) is 9.68. The van der Waals surface area contributed by atoms with Gasteiger partial charge in [-0.25, -0.2) is 0 Å². The molecule has 0 aliphatic carbocycles. The maximum atomic E-state index is 2.39. The lowest BCUT2D eigenvalue weighted by Crippen LogP contribution is -2.05. The molecule has 0 N–H and O–H groups in total. The Balaban J connectivity index is 2.59. The Labute approximate surface area is 82.9 Å². The largest absolute Gasteiger partial charge is 0.0841 e. The van der Waals surface area contributed by atoms with Crippen molar-refractivity contribution in [3.63, 3.8) is 0 Å². The van der Waals surface area contributed by atoms with E-state index >= 15 is 0 Å². The van der Waals surface area contributed by atoms with Crippen LogP contribution in [-0.4, -0.2) is 8.80 Å². The van der Waals surface area contributed by atoms with Crippen molar-refractivity contribution in [3.05, 3.63) is 42.0 Å². The van der Waals surface area contributed by atoms with E-state index in [-0.39, 0.29) is 0 Å². The molecular weight excluding hydrogens is 172 g/mol. The molecule has 1 rings (SSSR count). The Morgan fingerprint density at radius 2 is 1.77 bits per heavy atom. The lowest BCUT2D eigenvalue weighted by molar-refractivity contribution is 1.17. The number of hydrogen-bond donors (Lipinski definition) is 0. The minimum Gasteiger partial charge on any atom is -0.0841 e. The summed E-state index contributed by atoms with van der Waals surface area (Å²) in [6.45, 7) is 7.09. The summed E-state index contributed by atoms with van der Waals surface area (Å²) in [7, 11) is -0.493. The minimum absolute atomic E-state index is 0.493. The van der Waals surface area contributed by atoms with Gasteiger partial charge in [-0.15, -0.1) is 0 Å². The van der Waals surface area contributed by atoms with Crippen molar-refractivity contribution in [2.75, 3.05) is 0 Å². The van der Waals surface area contributed by atoms with Crippen LogP contribution in [0, 0.1) is 0 Å². The molecule has 0 bridgehead atoms. The summed E-state index contributed by atoms with van der Waals surface area (Å²) in [6.07, 6.45) is 4.57. The lowest BCUT2D eigenvalue weighted by atomic mass is 10.2. The molecular formula is C12H18Si. The molecule has 0 amide bonds. The monoisotopic (exact) mass is 190 g/mol. The molecule has 0 radical (unpaired) electrons. The molecule has 0 saturated heterocycles. The highest BCUT2D eigenvalue weighted by molar-refractivity contribution is 6.58. The number of hydrogen-bond acceptors (Lipinski definition) is 0. The molecule has 0 saturated carbocycles. The molecule has 0 aromatic heterocycles. The van der Waals surface area contributed by atoms with Crippen molar-refractivity contribution < 1.29 is 0 Å². The van der Waals surface area contributed by atoms with Gasteiger partial charge in [0.15, 0.2) is 0 Å². The molecule has 13 heavy (non-hydrogen) atoms. The Morgan fingerprint density at radius 1 is 1.15 bits per heavy atom. The smallest absolute Gasteiger partial charge is 0.0376 e. The zero-order valence-electron chi connectivity index (χ0n) is 8.70. The third-order valence-electron chi connectivity index (χ3n) is 2.44. The molecule has 1 unspecified atom stereocenters. The summed E-state index contributed by atoms with van der Waals surface area (Å²) in [6, 6.07) is 10.5. The summed E-state index contributed by atoms with van der Waals surface area (Å²) in [5.74, 6) is 0. The van der Waals surface area contributed by atoms with Gasteiger partial charge in [0.2, 0.25) is 0 Å². The van der Waals surface area contributed by atoms with E-state index in [0.717, 1.165) is 5.54 Å². The fourth-order valence-electron chi connectivity index (χ4n) is 1.05. The van der Waals surface area contributed by atoms with Gasteiger partial charge in [-0.2, -0.15) is 0 Å². The summed E-state index contributed by atoms with van der Waals surface area (Å²) in [5.41, 5.74) is 2.10. The second kappa shape index (κ2) is 5.03. The van der Waals surface area contributed by atoms with Gasteiger partial charge in [-0.3, -0.25) is 0 Å². The fraction of sp³-hybridized carbons (Fsp3) is 0.333. The number of allylic oxidation sites excluding steroid dienone is 1. The van der Waals surface area contributed by atoms with E-state index in [1.165, 1.54) is 5.56 Å². The molecule has 1 aromatic rings. The minimum atomic E-state index is -0.493. The summed E-state index contributed by atoms with van der Waals surface area (Å²) < 4.78 is 0. The number of rotatable bonds is 3. The van der Waals surface area contributed by atoms with E-state index in [2.05, 4.69) is 62.5 Å². The SMILES string of the molecule is CC(/C=C/c1ccccc1)[SiH](C)C. The summed E-state index contributed by atoms with van der Waals surface area (Å²) in [4.78, 5) is 0. The van der Waals surface area contributed by atoms with Gasteiger partial charge in [-0.05, 0) is 11.1 Å². The molecule has 0 fully saturated rings. The van der Waals surface area contributed by atoms with Crippen molar-refractivity contribution in [2.24, 2.45) is 0 Å². The van der Waals surface area contributed by atoms with Crippen LogP contribution in [0.3, 0.4) is 0 Å². The van der Waals surface area contributed by atoms with Crippen molar-refractivity contribution in [2.45, 2.75) is 25.6 Å². The first kappa shape index (κ1) is 10.3. The van der Waals surface area contributed by atoms with E-state index in [1.54, 1.807) is 0 Å². The zero-order valence-corrected chi connectivity index (χ0v) is 9.85. The fourth-order valence-corrected chi connectivity index (χ4v) is 1.60. The first-order valence-electron chi connectivity index (χ1n) is 4.93. The van der Waals surface area contributed by atoms with Crippen LogP contribution in [-0.2, 0) is 0 Å². The lowest BCUT2D eigenvalue weighted by Gasteiger charge is -2.07. The van der Waals surface area contributed by atoms with Crippen LogP contribution in [0.1, 0.15) is 12.5 Å². The highest BCUT2D eigenvalue weighted by atomic mass is 28.3. The van der Waals surface area contributed by atoms with E-state index in [1.807, 2.05) is 0 Å². The maximum Gasteiger partial charge on any atom is 0.0376 e. The topological polar surface area (TPSA) is 0 Å². The highest BCUT2D eigenvalue weighted by Crippen LogP contribution is 2.13. The third kappa shape index (κ3) is 3.60. The molecule has 0 spiro atoms. The van der Waals surface area contributed by atoms with Crippen LogP contribution in [0.2, 0.25) is 18.6 Å². The van der Waals surface area contributed by atoms with Crippen LogP contribution < -0.4 is 0 Å². The van der Waals surface area contributed by atoms with Crippen molar-refractivity contribution in [1.82, 2.24) is 0 Å². The second-order valence-corrected chi connectivity index (χ2v) is 7.41. The van der Waals surface area contributed by atoms with Gasteiger partial charge in [-0.1, -0.05) is 62.5 Å². The van der Waals surface area contributed by atoms with Gasteiger partial charge in [0.25, 0.3) is 0 Å². The van der Waals surface area contributed by atoms with E-state index < -0.39 is 8.80 Å². The molecule has 1 aromatic carbocycles. The van der Waals surface area contributed by atoms with Gasteiger partial charge in [0.05, 0.1) is 0 Å². The Kier molecular flexibility index (Phi) is 3.97. The molecule has 0 nitrogen and oxygen atoms in total. The molecule has 70 valence electrons. The predicted octanol–water partition coefficient (Wildman–Crippen LogP) is 3.58. The maximum absolute atomic E-state index is 2.39. The Bertz CT molecular complexity index is 262.